The van der Waals surface area contributed by atoms with Gasteiger partial charge in [0.15, 0.2) is 0 Å². The van der Waals surface area contributed by atoms with Crippen molar-refractivity contribution >= 4 is 21.6 Å². The van der Waals surface area contributed by atoms with Crippen LogP contribution in [-0.4, -0.2) is 34.5 Å². The molecule has 0 saturated carbocycles. The molecule has 1 aliphatic rings. The number of fused-ring (bicyclic) bond motifs is 1. The average Bonchev–Trinajstić information content (AvgIpc) is 2.66. The van der Waals surface area contributed by atoms with Crippen LogP contribution in [0.2, 0.25) is 0 Å². The van der Waals surface area contributed by atoms with E-state index in [-0.39, 0.29) is 29.1 Å². The van der Waals surface area contributed by atoms with E-state index in [1.165, 1.54) is 31.7 Å². The fourth-order valence-electron chi connectivity index (χ4n) is 3.21. The lowest BCUT2D eigenvalue weighted by molar-refractivity contribution is -0.114. The standard InChI is InChI=1S/C19H23N3O4S/c1-13(23)22-15-7-8-18(26-2)19(11-15)27(24,25)21-12-17-16-6-4-3-5-14(16)9-10-20-17/h3-8,11,17,20-21H,9-10,12H2,1-2H3,(H,22,23). The van der Waals surface area contributed by atoms with Crippen LogP contribution in [0.15, 0.2) is 47.4 Å². The molecule has 7 nitrogen and oxygen atoms in total. The summed E-state index contributed by atoms with van der Waals surface area (Å²) in [7, 11) is -2.42. The number of benzene rings is 2. The summed E-state index contributed by atoms with van der Waals surface area (Å²) in [6, 6.07) is 12.4. The van der Waals surface area contributed by atoms with Gasteiger partial charge < -0.3 is 15.4 Å². The Morgan fingerprint density at radius 1 is 1.26 bits per heavy atom. The number of sulfonamides is 1. The lowest BCUT2D eigenvalue weighted by Crippen LogP contribution is -2.38. The maximum atomic E-state index is 12.9. The summed E-state index contributed by atoms with van der Waals surface area (Å²) >= 11 is 0. The molecule has 0 bridgehead atoms. The summed E-state index contributed by atoms with van der Waals surface area (Å²) in [5.74, 6) is -0.0620. The van der Waals surface area contributed by atoms with Gasteiger partial charge in [-0.15, -0.1) is 0 Å². The molecule has 1 atom stereocenters. The minimum atomic E-state index is -3.83. The third-order valence-electron chi connectivity index (χ3n) is 4.47. The fourth-order valence-corrected chi connectivity index (χ4v) is 4.45. The molecule has 2 aromatic rings. The molecule has 27 heavy (non-hydrogen) atoms. The third-order valence-corrected chi connectivity index (χ3v) is 5.91. The number of carbonyl (C=O) groups excluding carboxylic acids is 1. The summed E-state index contributed by atoms with van der Waals surface area (Å²) in [6.45, 7) is 2.38. The Morgan fingerprint density at radius 3 is 2.78 bits per heavy atom. The average molecular weight is 389 g/mol. The van der Waals surface area contributed by atoms with Crippen molar-refractivity contribution in [1.82, 2.24) is 10.0 Å². The largest absolute Gasteiger partial charge is 0.495 e. The maximum Gasteiger partial charge on any atom is 0.244 e. The number of hydrogen-bond donors (Lipinski definition) is 3. The van der Waals surface area contributed by atoms with E-state index < -0.39 is 10.0 Å². The van der Waals surface area contributed by atoms with Gasteiger partial charge in [0, 0.05) is 25.2 Å². The van der Waals surface area contributed by atoms with Crippen LogP contribution in [0, 0.1) is 0 Å². The molecular formula is C19H23N3O4S. The number of amides is 1. The summed E-state index contributed by atoms with van der Waals surface area (Å²) in [5, 5.41) is 5.94. The summed E-state index contributed by atoms with van der Waals surface area (Å²) in [6.07, 6.45) is 0.923. The highest BCUT2D eigenvalue weighted by molar-refractivity contribution is 7.89. The number of anilines is 1. The number of nitrogens with one attached hydrogen (secondary N) is 3. The molecule has 0 spiro atoms. The van der Waals surface area contributed by atoms with E-state index in [1.54, 1.807) is 6.07 Å². The lowest BCUT2D eigenvalue weighted by Gasteiger charge is -2.27. The molecule has 0 aromatic heterocycles. The molecule has 1 unspecified atom stereocenters. The fraction of sp³-hybridized carbons (Fsp3) is 0.316. The van der Waals surface area contributed by atoms with Crippen LogP contribution in [0.25, 0.3) is 0 Å². The van der Waals surface area contributed by atoms with Crippen molar-refractivity contribution in [2.45, 2.75) is 24.3 Å². The van der Waals surface area contributed by atoms with Gasteiger partial charge in [-0.05, 0) is 42.3 Å². The highest BCUT2D eigenvalue weighted by Gasteiger charge is 2.24. The highest BCUT2D eigenvalue weighted by atomic mass is 32.2. The van der Waals surface area contributed by atoms with Gasteiger partial charge in [-0.25, -0.2) is 13.1 Å². The zero-order chi connectivity index (χ0) is 19.4. The van der Waals surface area contributed by atoms with E-state index in [4.69, 9.17) is 4.74 Å². The van der Waals surface area contributed by atoms with Crippen LogP contribution in [0.5, 0.6) is 5.75 Å². The molecule has 0 saturated heterocycles. The Labute approximate surface area is 159 Å². The first-order chi connectivity index (χ1) is 12.9. The Hall–Kier alpha value is -2.42. The number of hydrogen-bond acceptors (Lipinski definition) is 5. The van der Waals surface area contributed by atoms with Crippen LogP contribution in [0.4, 0.5) is 5.69 Å². The SMILES string of the molecule is COc1ccc(NC(C)=O)cc1S(=O)(=O)NCC1NCCc2ccccc21. The Morgan fingerprint density at radius 2 is 2.04 bits per heavy atom. The van der Waals surface area contributed by atoms with Gasteiger partial charge in [-0.3, -0.25) is 4.79 Å². The lowest BCUT2D eigenvalue weighted by atomic mass is 9.95. The van der Waals surface area contributed by atoms with Crippen molar-refractivity contribution in [3.05, 3.63) is 53.6 Å². The molecule has 2 aromatic carbocycles. The number of carbonyl (C=O) groups is 1. The zero-order valence-electron chi connectivity index (χ0n) is 15.3. The molecule has 3 N–H and O–H groups in total. The van der Waals surface area contributed by atoms with Crippen molar-refractivity contribution < 1.29 is 17.9 Å². The minimum absolute atomic E-state index is 0.0136. The van der Waals surface area contributed by atoms with Crippen molar-refractivity contribution in [3.8, 4) is 5.75 Å². The first-order valence-electron chi connectivity index (χ1n) is 8.67. The molecule has 1 aliphatic heterocycles. The van der Waals surface area contributed by atoms with Crippen LogP contribution < -0.4 is 20.1 Å². The number of methoxy groups -OCH3 is 1. The monoisotopic (exact) mass is 389 g/mol. The van der Waals surface area contributed by atoms with Crippen LogP contribution >= 0.6 is 0 Å². The molecule has 3 rings (SSSR count). The van der Waals surface area contributed by atoms with Crippen molar-refractivity contribution in [3.63, 3.8) is 0 Å². The van der Waals surface area contributed by atoms with Crippen LogP contribution in [0.1, 0.15) is 24.1 Å². The predicted octanol–water partition coefficient (Wildman–Crippen LogP) is 1.82. The molecule has 1 heterocycles. The van der Waals surface area contributed by atoms with Crippen molar-refractivity contribution in [2.75, 3.05) is 25.5 Å². The number of rotatable bonds is 6. The van der Waals surface area contributed by atoms with E-state index in [0.717, 1.165) is 18.5 Å². The van der Waals surface area contributed by atoms with E-state index in [1.807, 2.05) is 18.2 Å². The van der Waals surface area contributed by atoms with Gasteiger partial charge in [0.2, 0.25) is 15.9 Å². The smallest absolute Gasteiger partial charge is 0.244 e. The van der Waals surface area contributed by atoms with Crippen LogP contribution in [0.3, 0.4) is 0 Å². The third kappa shape index (κ3) is 4.47. The normalized spacial score (nSPS) is 16.4. The second kappa shape index (κ2) is 8.08. The zero-order valence-corrected chi connectivity index (χ0v) is 16.1. The summed E-state index contributed by atoms with van der Waals surface area (Å²) < 4.78 is 33.6. The first-order valence-corrected chi connectivity index (χ1v) is 10.2. The van der Waals surface area contributed by atoms with Crippen LogP contribution in [-0.2, 0) is 21.2 Å². The minimum Gasteiger partial charge on any atom is -0.495 e. The molecule has 1 amide bonds. The van der Waals surface area contributed by atoms with Gasteiger partial charge in [-0.2, -0.15) is 0 Å². The van der Waals surface area contributed by atoms with Gasteiger partial charge in [0.25, 0.3) is 0 Å². The molecule has 0 radical (unpaired) electrons. The Balaban J connectivity index is 1.82. The van der Waals surface area contributed by atoms with E-state index in [0.29, 0.717) is 5.69 Å². The predicted molar refractivity (Wildman–Crippen MR) is 103 cm³/mol. The van der Waals surface area contributed by atoms with Gasteiger partial charge in [-0.1, -0.05) is 24.3 Å². The summed E-state index contributed by atoms with van der Waals surface area (Å²) in [5.41, 5.74) is 2.72. The van der Waals surface area contributed by atoms with E-state index in [9.17, 15) is 13.2 Å². The molecule has 0 fully saturated rings. The van der Waals surface area contributed by atoms with Crippen molar-refractivity contribution in [2.24, 2.45) is 0 Å². The second-order valence-electron chi connectivity index (χ2n) is 6.35. The molecular weight excluding hydrogens is 366 g/mol. The Kier molecular flexibility index (Phi) is 5.79. The first kappa shape index (κ1) is 19.3. The van der Waals surface area contributed by atoms with Gasteiger partial charge in [0.05, 0.1) is 7.11 Å². The second-order valence-corrected chi connectivity index (χ2v) is 8.09. The van der Waals surface area contributed by atoms with Gasteiger partial charge >= 0.3 is 0 Å². The molecule has 144 valence electrons. The summed E-state index contributed by atoms with van der Waals surface area (Å²) in [4.78, 5) is 11.2. The highest BCUT2D eigenvalue weighted by Crippen LogP contribution is 2.28. The quantitative estimate of drug-likeness (QED) is 0.700. The maximum absolute atomic E-state index is 12.9. The van der Waals surface area contributed by atoms with Crippen molar-refractivity contribution in [1.29, 1.82) is 0 Å². The Bertz CT molecular complexity index is 944. The van der Waals surface area contributed by atoms with Gasteiger partial charge in [0.1, 0.15) is 10.6 Å². The molecule has 0 aliphatic carbocycles. The van der Waals surface area contributed by atoms with E-state index in [2.05, 4.69) is 21.4 Å². The number of ether oxygens (including phenoxy) is 1. The topological polar surface area (TPSA) is 96.5 Å². The van der Waals surface area contributed by atoms with E-state index >= 15 is 0 Å². The molecule has 8 heteroatoms.